The van der Waals surface area contributed by atoms with Crippen molar-refractivity contribution in [3.63, 3.8) is 0 Å². The Morgan fingerprint density at radius 1 is 1.43 bits per heavy atom. The van der Waals surface area contributed by atoms with Crippen molar-refractivity contribution in [3.8, 4) is 0 Å². The van der Waals surface area contributed by atoms with Crippen molar-refractivity contribution in [1.82, 2.24) is 0 Å². The van der Waals surface area contributed by atoms with Gasteiger partial charge in [0.1, 0.15) is 0 Å². The van der Waals surface area contributed by atoms with Gasteiger partial charge in [0.2, 0.25) is 5.91 Å². The Kier molecular flexibility index (Phi) is 3.22. The molecule has 1 aromatic rings. The summed E-state index contributed by atoms with van der Waals surface area (Å²) in [6.07, 6.45) is 0. The summed E-state index contributed by atoms with van der Waals surface area (Å²) in [5.74, 6) is -3.55. The first kappa shape index (κ1) is 14.0. The first-order valence-electron chi connectivity index (χ1n) is 6.94. The number of carbonyl (C=O) groups excluding carboxylic acids is 1. The molecule has 6 nitrogen and oxygen atoms in total. The molecule has 0 aromatic heterocycles. The minimum Gasteiger partial charge on any atom is -0.480 e. The summed E-state index contributed by atoms with van der Waals surface area (Å²) in [6.45, 7) is 5.06. The summed E-state index contributed by atoms with van der Waals surface area (Å²) in [5, 5.41) is 9.35. The summed E-state index contributed by atoms with van der Waals surface area (Å²) in [7, 11) is 0. The molecule has 1 aromatic carbocycles. The van der Waals surface area contributed by atoms with Crippen molar-refractivity contribution < 1.29 is 24.2 Å². The molecule has 0 aliphatic carbocycles. The van der Waals surface area contributed by atoms with Gasteiger partial charge in [0.05, 0.1) is 13.2 Å². The molecular formula is C15H17NO5. The van der Waals surface area contributed by atoms with Crippen molar-refractivity contribution in [3.05, 3.63) is 29.3 Å². The Morgan fingerprint density at radius 2 is 2.10 bits per heavy atom. The predicted octanol–water partition coefficient (Wildman–Crippen LogP) is 1.44. The third-order valence-corrected chi connectivity index (χ3v) is 4.07. The van der Waals surface area contributed by atoms with Crippen molar-refractivity contribution in [1.29, 1.82) is 0 Å². The number of hydrogen-bond acceptors (Lipinski definition) is 4. The fraction of sp³-hybridized carbons (Fsp3) is 0.467. The van der Waals surface area contributed by atoms with Gasteiger partial charge in [0.15, 0.2) is 11.7 Å². The van der Waals surface area contributed by atoms with E-state index in [-0.39, 0.29) is 0 Å². The molecule has 21 heavy (non-hydrogen) atoms. The molecule has 1 fully saturated rings. The van der Waals surface area contributed by atoms with E-state index in [0.29, 0.717) is 31.0 Å². The number of carboxylic acids is 1. The lowest BCUT2D eigenvalue weighted by Gasteiger charge is -2.24. The van der Waals surface area contributed by atoms with Crippen molar-refractivity contribution in [2.45, 2.75) is 25.6 Å². The third-order valence-electron chi connectivity index (χ3n) is 4.07. The van der Waals surface area contributed by atoms with E-state index in [4.69, 9.17) is 9.47 Å². The molecule has 2 aliphatic heterocycles. The number of aliphatic carboxylic acids is 1. The fourth-order valence-corrected chi connectivity index (χ4v) is 2.97. The van der Waals surface area contributed by atoms with Crippen LogP contribution in [0.25, 0.3) is 0 Å². The molecule has 0 bridgehead atoms. The van der Waals surface area contributed by atoms with Crippen LogP contribution in [0, 0.1) is 0 Å². The average Bonchev–Trinajstić information content (AvgIpc) is 2.99. The van der Waals surface area contributed by atoms with Gasteiger partial charge in [-0.05, 0) is 31.5 Å². The zero-order valence-corrected chi connectivity index (χ0v) is 12.0. The lowest BCUT2D eigenvalue weighted by Crippen LogP contribution is -2.31. The van der Waals surface area contributed by atoms with Crippen LogP contribution < -0.4 is 4.90 Å². The molecule has 1 N–H and O–H groups in total. The molecular weight excluding hydrogens is 274 g/mol. The molecule has 1 amide bonds. The maximum absolute atomic E-state index is 12.2. The number of hydrogen-bond donors (Lipinski definition) is 1. The summed E-state index contributed by atoms with van der Waals surface area (Å²) < 4.78 is 11.2. The zero-order chi connectivity index (χ0) is 15.2. The Labute approximate surface area is 122 Å². The topological polar surface area (TPSA) is 76.1 Å². The van der Waals surface area contributed by atoms with Gasteiger partial charge < -0.3 is 19.5 Å². The van der Waals surface area contributed by atoms with Crippen LogP contribution >= 0.6 is 0 Å². The highest BCUT2D eigenvalue weighted by Crippen LogP contribution is 2.41. The van der Waals surface area contributed by atoms with Gasteiger partial charge in [-0.2, -0.15) is 0 Å². The van der Waals surface area contributed by atoms with Gasteiger partial charge in [0.25, 0.3) is 0 Å². The van der Waals surface area contributed by atoms with Crippen molar-refractivity contribution >= 4 is 17.6 Å². The molecule has 0 spiro atoms. The molecule has 1 atom stereocenters. The number of fused-ring (bicyclic) bond motifs is 1. The number of carbonyl (C=O) groups is 2. The number of nitrogens with zero attached hydrogens (tertiary/aromatic N) is 1. The van der Waals surface area contributed by atoms with E-state index in [0.717, 1.165) is 5.56 Å². The lowest BCUT2D eigenvalue weighted by atomic mass is 9.96. The second kappa shape index (κ2) is 4.82. The van der Waals surface area contributed by atoms with E-state index in [2.05, 4.69) is 0 Å². The van der Waals surface area contributed by atoms with Crippen LogP contribution in [0.4, 0.5) is 5.69 Å². The van der Waals surface area contributed by atoms with Crippen LogP contribution in [0.15, 0.2) is 18.2 Å². The number of ether oxygens (including phenoxy) is 2. The highest BCUT2D eigenvalue weighted by molar-refractivity contribution is 6.15. The van der Waals surface area contributed by atoms with Crippen LogP contribution in [0.3, 0.4) is 0 Å². The van der Waals surface area contributed by atoms with E-state index in [1.807, 2.05) is 13.0 Å². The summed E-state index contributed by atoms with van der Waals surface area (Å²) in [5.41, 5.74) is 1.89. The Hall–Kier alpha value is -1.92. The Bertz CT molecular complexity index is 606. The third kappa shape index (κ3) is 2.02. The number of anilines is 1. The second-order valence-electron chi connectivity index (χ2n) is 5.27. The molecule has 1 unspecified atom stereocenters. The van der Waals surface area contributed by atoms with Crippen LogP contribution in [0.2, 0.25) is 0 Å². The van der Waals surface area contributed by atoms with E-state index >= 15 is 0 Å². The van der Waals surface area contributed by atoms with Crippen LogP contribution in [-0.4, -0.2) is 36.7 Å². The fourth-order valence-electron chi connectivity index (χ4n) is 2.97. The van der Waals surface area contributed by atoms with Crippen LogP contribution in [0.1, 0.15) is 30.9 Å². The largest absolute Gasteiger partial charge is 0.480 e. The zero-order valence-electron chi connectivity index (χ0n) is 12.0. The van der Waals surface area contributed by atoms with Gasteiger partial charge in [-0.3, -0.25) is 9.59 Å². The maximum atomic E-state index is 12.2. The predicted molar refractivity (Wildman–Crippen MR) is 74.1 cm³/mol. The van der Waals surface area contributed by atoms with Crippen molar-refractivity contribution in [2.75, 3.05) is 24.7 Å². The SMILES string of the molecule is CCN1C(=O)C(C(=O)O)c2cc(C3(C)OCCO3)ccc21. The van der Waals surface area contributed by atoms with Crippen LogP contribution in [-0.2, 0) is 24.8 Å². The highest BCUT2D eigenvalue weighted by Gasteiger charge is 2.43. The first-order chi connectivity index (χ1) is 9.98. The molecule has 112 valence electrons. The minimum absolute atomic E-state index is 0.393. The monoisotopic (exact) mass is 291 g/mol. The van der Waals surface area contributed by atoms with E-state index in [1.54, 1.807) is 19.1 Å². The summed E-state index contributed by atoms with van der Waals surface area (Å²) >= 11 is 0. The molecule has 0 radical (unpaired) electrons. The number of benzene rings is 1. The lowest BCUT2D eigenvalue weighted by molar-refractivity contribution is -0.150. The average molecular weight is 291 g/mol. The molecule has 0 saturated carbocycles. The van der Waals surface area contributed by atoms with E-state index in [1.165, 1.54) is 4.90 Å². The van der Waals surface area contributed by atoms with Gasteiger partial charge in [-0.15, -0.1) is 0 Å². The minimum atomic E-state index is -1.15. The smallest absolute Gasteiger partial charge is 0.320 e. The number of likely N-dealkylation sites (N-methyl/N-ethyl adjacent to an activating group) is 1. The Morgan fingerprint density at radius 3 is 2.67 bits per heavy atom. The standard InChI is InChI=1S/C15H17NO5/c1-3-16-11-5-4-9(15(2)20-6-7-21-15)8-10(11)12(13(16)17)14(18)19/h4-5,8,12H,3,6-7H2,1-2H3,(H,18,19). The molecule has 1 saturated heterocycles. The first-order valence-corrected chi connectivity index (χ1v) is 6.94. The van der Waals surface area contributed by atoms with Gasteiger partial charge >= 0.3 is 5.97 Å². The maximum Gasteiger partial charge on any atom is 0.320 e. The van der Waals surface area contributed by atoms with Gasteiger partial charge in [0, 0.05) is 17.8 Å². The molecule has 2 heterocycles. The van der Waals surface area contributed by atoms with Gasteiger partial charge in [-0.1, -0.05) is 6.07 Å². The summed E-state index contributed by atoms with van der Waals surface area (Å²) in [6, 6.07) is 5.31. The molecule has 2 aliphatic rings. The normalized spacial score (nSPS) is 23.4. The quantitative estimate of drug-likeness (QED) is 0.853. The van der Waals surface area contributed by atoms with Gasteiger partial charge in [-0.25, -0.2) is 0 Å². The highest BCUT2D eigenvalue weighted by atomic mass is 16.7. The number of rotatable bonds is 3. The molecule has 6 heteroatoms. The van der Waals surface area contributed by atoms with E-state index in [9.17, 15) is 14.7 Å². The number of amides is 1. The Balaban J connectivity index is 2.09. The van der Waals surface area contributed by atoms with Crippen molar-refractivity contribution in [2.24, 2.45) is 0 Å². The van der Waals surface area contributed by atoms with Crippen LogP contribution in [0.5, 0.6) is 0 Å². The second-order valence-corrected chi connectivity index (χ2v) is 5.27. The molecule has 3 rings (SSSR count). The summed E-state index contributed by atoms with van der Waals surface area (Å²) in [4.78, 5) is 25.2. The number of carboxylic acid groups (broad SMARTS) is 1. The van der Waals surface area contributed by atoms with E-state index < -0.39 is 23.6 Å².